The Balaban J connectivity index is 0.00000264. The van der Waals surface area contributed by atoms with E-state index in [0.29, 0.717) is 23.5 Å². The topological polar surface area (TPSA) is 64.3 Å². The molecule has 0 spiro atoms. The van der Waals surface area contributed by atoms with Crippen LogP contribution in [0.4, 0.5) is 11.4 Å². The number of carbonyl (C=O) groups is 1. The summed E-state index contributed by atoms with van der Waals surface area (Å²) in [5, 5.41) is 2.88. The first-order chi connectivity index (χ1) is 10.6. The molecule has 5 heteroatoms. The molecule has 2 aromatic carbocycles. The molecule has 3 N–H and O–H groups in total. The highest BCUT2D eigenvalue weighted by atomic mass is 35.5. The average molecular weight is 335 g/mol. The average Bonchev–Trinajstić information content (AvgIpc) is 2.50. The molecule has 0 aliphatic carbocycles. The van der Waals surface area contributed by atoms with Crippen molar-refractivity contribution in [2.75, 3.05) is 17.7 Å². The van der Waals surface area contributed by atoms with Gasteiger partial charge in [-0.25, -0.2) is 0 Å². The predicted octanol–water partition coefficient (Wildman–Crippen LogP) is 4.43. The number of halogens is 1. The first kappa shape index (κ1) is 18.8. The zero-order chi connectivity index (χ0) is 15.9. The van der Waals surface area contributed by atoms with Gasteiger partial charge in [0.1, 0.15) is 5.75 Å². The van der Waals surface area contributed by atoms with Crippen LogP contribution in [0.25, 0.3) is 0 Å². The van der Waals surface area contributed by atoms with Gasteiger partial charge >= 0.3 is 0 Å². The van der Waals surface area contributed by atoms with Crippen LogP contribution in [0.2, 0.25) is 0 Å². The fraction of sp³-hybridized carbons (Fsp3) is 0.278. The van der Waals surface area contributed by atoms with Crippen molar-refractivity contribution >= 4 is 29.7 Å². The highest BCUT2D eigenvalue weighted by Gasteiger charge is 2.10. The number of aryl methyl sites for hydroxylation is 1. The maximum Gasteiger partial charge on any atom is 0.256 e. The molecule has 0 bridgehead atoms. The van der Waals surface area contributed by atoms with Gasteiger partial charge in [0.25, 0.3) is 5.91 Å². The number of rotatable bonds is 6. The Hall–Kier alpha value is -2.20. The van der Waals surface area contributed by atoms with Crippen LogP contribution < -0.4 is 15.8 Å². The van der Waals surface area contributed by atoms with Crippen molar-refractivity contribution in [3.8, 4) is 5.75 Å². The molecule has 4 nitrogen and oxygen atoms in total. The van der Waals surface area contributed by atoms with Crippen LogP contribution in [0, 0.1) is 6.92 Å². The minimum atomic E-state index is -0.171. The molecule has 23 heavy (non-hydrogen) atoms. The molecule has 0 aliphatic heterocycles. The Kier molecular flexibility index (Phi) is 7.42. The molecule has 2 aromatic rings. The van der Waals surface area contributed by atoms with E-state index >= 15 is 0 Å². The lowest BCUT2D eigenvalue weighted by Gasteiger charge is -2.10. The highest BCUT2D eigenvalue weighted by Crippen LogP contribution is 2.20. The van der Waals surface area contributed by atoms with Gasteiger partial charge in [0.2, 0.25) is 0 Å². The van der Waals surface area contributed by atoms with Gasteiger partial charge in [-0.3, -0.25) is 4.79 Å². The molecule has 124 valence electrons. The lowest BCUT2D eigenvalue weighted by atomic mass is 10.1. The molecular formula is C18H23ClN2O2. The van der Waals surface area contributed by atoms with Gasteiger partial charge < -0.3 is 15.8 Å². The van der Waals surface area contributed by atoms with E-state index in [1.807, 2.05) is 37.3 Å². The Morgan fingerprint density at radius 3 is 2.74 bits per heavy atom. The van der Waals surface area contributed by atoms with Gasteiger partial charge in [0, 0.05) is 23.0 Å². The van der Waals surface area contributed by atoms with Gasteiger partial charge in [0.05, 0.1) is 6.61 Å². The van der Waals surface area contributed by atoms with E-state index in [1.54, 1.807) is 12.1 Å². The summed E-state index contributed by atoms with van der Waals surface area (Å²) in [4.78, 5) is 12.4. The number of nitrogens with one attached hydrogen (secondary N) is 1. The van der Waals surface area contributed by atoms with E-state index in [9.17, 15) is 4.79 Å². The van der Waals surface area contributed by atoms with Crippen molar-refractivity contribution in [3.05, 3.63) is 53.6 Å². The molecule has 0 aromatic heterocycles. The van der Waals surface area contributed by atoms with Crippen LogP contribution in [-0.2, 0) is 0 Å². The smallest absolute Gasteiger partial charge is 0.256 e. The van der Waals surface area contributed by atoms with E-state index in [2.05, 4.69) is 12.2 Å². The second kappa shape index (κ2) is 9.06. The molecule has 0 radical (unpaired) electrons. The number of benzene rings is 2. The van der Waals surface area contributed by atoms with E-state index < -0.39 is 0 Å². The quantitative estimate of drug-likeness (QED) is 0.606. The van der Waals surface area contributed by atoms with E-state index in [-0.39, 0.29) is 18.3 Å². The van der Waals surface area contributed by atoms with Crippen molar-refractivity contribution in [2.24, 2.45) is 0 Å². The second-order valence-electron chi connectivity index (χ2n) is 5.26. The molecule has 0 aliphatic rings. The molecule has 0 saturated heterocycles. The number of anilines is 2. The fourth-order valence-electron chi connectivity index (χ4n) is 2.08. The number of unbranched alkanes of at least 4 members (excludes halogenated alkanes) is 1. The van der Waals surface area contributed by atoms with Crippen molar-refractivity contribution in [3.63, 3.8) is 0 Å². The number of nitrogens with two attached hydrogens (primary N) is 1. The maximum atomic E-state index is 12.4. The second-order valence-corrected chi connectivity index (χ2v) is 5.26. The first-order valence-corrected chi connectivity index (χ1v) is 7.50. The summed E-state index contributed by atoms with van der Waals surface area (Å²) in [6.07, 6.45) is 2.10. The van der Waals surface area contributed by atoms with Crippen molar-refractivity contribution in [1.29, 1.82) is 0 Å². The molecule has 1 amide bonds. The standard InChI is InChI=1S/C18H22N2O2.ClH/c1-3-4-10-22-16-7-5-6-15(12-16)20-18(21)17-11-14(19)9-8-13(17)2;/h5-9,11-12H,3-4,10,19H2,1-2H3,(H,20,21);1H. The maximum absolute atomic E-state index is 12.4. The fourth-order valence-corrected chi connectivity index (χ4v) is 2.08. The summed E-state index contributed by atoms with van der Waals surface area (Å²) in [5.74, 6) is 0.589. The van der Waals surface area contributed by atoms with Gasteiger partial charge in [0.15, 0.2) is 0 Å². The normalized spacial score (nSPS) is 9.83. The minimum Gasteiger partial charge on any atom is -0.494 e. The zero-order valence-corrected chi connectivity index (χ0v) is 14.3. The summed E-state index contributed by atoms with van der Waals surface area (Å²) >= 11 is 0. The Morgan fingerprint density at radius 1 is 1.22 bits per heavy atom. The van der Waals surface area contributed by atoms with Crippen LogP contribution in [0.5, 0.6) is 5.75 Å². The monoisotopic (exact) mass is 334 g/mol. The SMILES string of the molecule is CCCCOc1cccc(NC(=O)c2cc(N)ccc2C)c1.Cl. The number of nitrogen functional groups attached to an aromatic ring is 1. The van der Waals surface area contributed by atoms with Crippen molar-refractivity contribution in [2.45, 2.75) is 26.7 Å². The summed E-state index contributed by atoms with van der Waals surface area (Å²) in [6, 6.07) is 12.7. The van der Waals surface area contributed by atoms with Crippen molar-refractivity contribution < 1.29 is 9.53 Å². The number of ether oxygens (including phenoxy) is 1. The van der Waals surface area contributed by atoms with Crippen molar-refractivity contribution in [1.82, 2.24) is 0 Å². The number of carbonyl (C=O) groups excluding carboxylic acids is 1. The third-order valence-electron chi connectivity index (χ3n) is 3.36. The third kappa shape index (κ3) is 5.49. The number of amides is 1. The zero-order valence-electron chi connectivity index (χ0n) is 13.5. The molecule has 0 unspecified atom stereocenters. The predicted molar refractivity (Wildman–Crippen MR) is 97.6 cm³/mol. The van der Waals surface area contributed by atoms with Crippen LogP contribution in [0.15, 0.2) is 42.5 Å². The summed E-state index contributed by atoms with van der Waals surface area (Å²) in [5.41, 5.74) is 8.51. The van der Waals surface area contributed by atoms with Gasteiger partial charge in [-0.2, -0.15) is 0 Å². The summed E-state index contributed by atoms with van der Waals surface area (Å²) in [7, 11) is 0. The molecule has 0 saturated carbocycles. The lowest BCUT2D eigenvalue weighted by Crippen LogP contribution is -2.13. The molecular weight excluding hydrogens is 312 g/mol. The first-order valence-electron chi connectivity index (χ1n) is 7.50. The van der Waals surface area contributed by atoms with Crippen LogP contribution in [-0.4, -0.2) is 12.5 Å². The van der Waals surface area contributed by atoms with E-state index in [4.69, 9.17) is 10.5 Å². The Bertz CT molecular complexity index is 659. The Labute approximate surface area is 143 Å². The van der Waals surface area contributed by atoms with Crippen LogP contribution in [0.1, 0.15) is 35.7 Å². The van der Waals surface area contributed by atoms with Gasteiger partial charge in [-0.1, -0.05) is 25.5 Å². The highest BCUT2D eigenvalue weighted by molar-refractivity contribution is 6.05. The van der Waals surface area contributed by atoms with Gasteiger partial charge in [-0.05, 0) is 43.2 Å². The molecule has 0 atom stereocenters. The summed E-state index contributed by atoms with van der Waals surface area (Å²) in [6.45, 7) is 4.69. The largest absolute Gasteiger partial charge is 0.494 e. The van der Waals surface area contributed by atoms with E-state index in [0.717, 1.165) is 24.2 Å². The minimum absolute atomic E-state index is 0. The van der Waals surface area contributed by atoms with E-state index in [1.165, 1.54) is 0 Å². The molecule has 0 heterocycles. The number of hydrogen-bond donors (Lipinski definition) is 2. The third-order valence-corrected chi connectivity index (χ3v) is 3.36. The number of hydrogen-bond acceptors (Lipinski definition) is 3. The Morgan fingerprint density at radius 2 is 2.00 bits per heavy atom. The van der Waals surface area contributed by atoms with Gasteiger partial charge in [-0.15, -0.1) is 12.4 Å². The van der Waals surface area contributed by atoms with Crippen LogP contribution in [0.3, 0.4) is 0 Å². The molecule has 0 fully saturated rings. The summed E-state index contributed by atoms with van der Waals surface area (Å²) < 4.78 is 5.65. The lowest BCUT2D eigenvalue weighted by molar-refractivity contribution is 0.102. The van der Waals surface area contributed by atoms with Crippen LogP contribution >= 0.6 is 12.4 Å². The molecule has 2 rings (SSSR count).